The molecule has 3 aromatic heterocycles. The van der Waals surface area contributed by atoms with Crippen LogP contribution in [0.3, 0.4) is 0 Å². The molecule has 0 radical (unpaired) electrons. The molecular weight excluding hydrogens is 367 g/mol. The third-order valence-electron chi connectivity index (χ3n) is 5.14. The maximum atomic E-state index is 14.2. The zero-order valence-electron chi connectivity index (χ0n) is 15.9. The first-order valence-electron chi connectivity index (χ1n) is 9.26. The van der Waals surface area contributed by atoms with Gasteiger partial charge in [-0.25, -0.2) is 13.9 Å². The van der Waals surface area contributed by atoms with E-state index in [0.29, 0.717) is 16.6 Å². The van der Waals surface area contributed by atoms with Crippen LogP contribution in [0.1, 0.15) is 11.3 Å². The van der Waals surface area contributed by atoms with Gasteiger partial charge in [0.15, 0.2) is 5.65 Å². The van der Waals surface area contributed by atoms with E-state index in [4.69, 9.17) is 0 Å². The largest absolute Gasteiger partial charge is 0.281 e. The molecule has 0 saturated carbocycles. The summed E-state index contributed by atoms with van der Waals surface area (Å²) in [7, 11) is 0. The van der Waals surface area contributed by atoms with Crippen molar-refractivity contribution < 1.29 is 4.39 Å². The van der Waals surface area contributed by atoms with Crippen LogP contribution in [0.4, 0.5) is 4.39 Å². The van der Waals surface area contributed by atoms with E-state index in [1.165, 1.54) is 16.2 Å². The average Bonchev–Trinajstić information content (AvgIpc) is 3.06. The second kappa shape index (κ2) is 6.38. The molecule has 0 unspecified atom stereocenters. The topological polar surface area (TPSA) is 52.2 Å². The van der Waals surface area contributed by atoms with Gasteiger partial charge in [0.05, 0.1) is 22.3 Å². The Morgan fingerprint density at radius 2 is 1.72 bits per heavy atom. The maximum Gasteiger partial charge on any atom is 0.266 e. The first-order chi connectivity index (χ1) is 14.0. The van der Waals surface area contributed by atoms with Crippen molar-refractivity contribution in [1.29, 1.82) is 0 Å². The summed E-state index contributed by atoms with van der Waals surface area (Å²) in [5.74, 6) is -0.459. The number of halogens is 1. The van der Waals surface area contributed by atoms with Gasteiger partial charge in [0, 0.05) is 18.0 Å². The van der Waals surface area contributed by atoms with Gasteiger partial charge in [-0.15, -0.1) is 0 Å². The zero-order chi connectivity index (χ0) is 20.1. The molecule has 6 heteroatoms. The van der Waals surface area contributed by atoms with Crippen molar-refractivity contribution in [1.82, 2.24) is 19.2 Å². The quantitative estimate of drug-likeness (QED) is 0.452. The minimum Gasteiger partial charge on any atom is -0.281 e. The Balaban J connectivity index is 1.78. The Kier molecular flexibility index (Phi) is 3.81. The van der Waals surface area contributed by atoms with Gasteiger partial charge in [-0.3, -0.25) is 9.36 Å². The summed E-state index contributed by atoms with van der Waals surface area (Å²) in [6, 6.07) is 16.1. The average molecular weight is 384 g/mol. The Morgan fingerprint density at radius 3 is 2.48 bits per heavy atom. The zero-order valence-corrected chi connectivity index (χ0v) is 15.9. The molecule has 0 atom stereocenters. The Bertz CT molecular complexity index is 1450. The van der Waals surface area contributed by atoms with E-state index < -0.39 is 5.82 Å². The normalized spacial score (nSPS) is 11.4. The predicted molar refractivity (Wildman–Crippen MR) is 111 cm³/mol. The smallest absolute Gasteiger partial charge is 0.266 e. The summed E-state index contributed by atoms with van der Waals surface area (Å²) < 4.78 is 17.2. The summed E-state index contributed by atoms with van der Waals surface area (Å²) in [6.45, 7) is 3.97. The summed E-state index contributed by atoms with van der Waals surface area (Å²) in [6.07, 6.45) is 3.12. The highest BCUT2D eigenvalue weighted by atomic mass is 19.1. The molecule has 0 bridgehead atoms. The van der Waals surface area contributed by atoms with Crippen LogP contribution < -0.4 is 5.56 Å². The molecule has 0 spiro atoms. The number of fused-ring (bicyclic) bond motifs is 3. The van der Waals surface area contributed by atoms with E-state index in [1.807, 2.05) is 38.1 Å². The molecule has 5 rings (SSSR count). The molecule has 0 amide bonds. The van der Waals surface area contributed by atoms with Crippen LogP contribution >= 0.6 is 0 Å². The number of nitrogens with zero attached hydrogens (tertiary/aromatic N) is 4. The summed E-state index contributed by atoms with van der Waals surface area (Å²) in [4.78, 5) is 17.6. The molecule has 29 heavy (non-hydrogen) atoms. The number of aromatic nitrogens is 4. The van der Waals surface area contributed by atoms with Crippen LogP contribution in [0.15, 0.2) is 71.8 Å². The van der Waals surface area contributed by atoms with Gasteiger partial charge in [0.25, 0.3) is 5.56 Å². The number of hydrogen-bond donors (Lipinski definition) is 0. The van der Waals surface area contributed by atoms with Crippen LogP contribution in [-0.2, 0) is 0 Å². The van der Waals surface area contributed by atoms with E-state index >= 15 is 0 Å². The third-order valence-corrected chi connectivity index (χ3v) is 5.14. The number of pyridine rings is 1. The number of benzene rings is 2. The summed E-state index contributed by atoms with van der Waals surface area (Å²) in [5.41, 5.74) is 5.14. The maximum absolute atomic E-state index is 14.2. The van der Waals surface area contributed by atoms with Crippen LogP contribution in [0, 0.1) is 19.7 Å². The van der Waals surface area contributed by atoms with Crippen molar-refractivity contribution in [3.05, 3.63) is 94.4 Å². The van der Waals surface area contributed by atoms with Crippen molar-refractivity contribution in [2.75, 3.05) is 0 Å². The van der Waals surface area contributed by atoms with Crippen LogP contribution in [0.2, 0.25) is 0 Å². The number of rotatable bonds is 2. The highest BCUT2D eigenvalue weighted by Gasteiger charge is 2.17. The SMILES string of the molecule is Cc1ccc(-c2c(C)nn3c2ncc2c(=O)n(-c4ccccc4F)ccc23)cc1. The van der Waals surface area contributed by atoms with E-state index in [2.05, 4.69) is 10.1 Å². The minimum atomic E-state index is -0.459. The van der Waals surface area contributed by atoms with Gasteiger partial charge in [-0.1, -0.05) is 42.0 Å². The van der Waals surface area contributed by atoms with Crippen molar-refractivity contribution >= 4 is 16.6 Å². The van der Waals surface area contributed by atoms with Gasteiger partial charge < -0.3 is 0 Å². The standard InChI is InChI=1S/C23H17FN4O/c1-14-7-9-16(10-8-14)21-15(2)26-28-19-11-12-27(20-6-4-3-5-18(20)24)23(29)17(19)13-25-22(21)28/h3-13H,1-2H3. The second-order valence-corrected chi connectivity index (χ2v) is 7.06. The lowest BCUT2D eigenvalue weighted by atomic mass is 10.0. The fourth-order valence-electron chi connectivity index (χ4n) is 3.67. The molecule has 0 saturated heterocycles. The van der Waals surface area contributed by atoms with Gasteiger partial charge in [-0.2, -0.15) is 5.10 Å². The highest BCUT2D eigenvalue weighted by Crippen LogP contribution is 2.29. The molecule has 3 heterocycles. The first-order valence-corrected chi connectivity index (χ1v) is 9.26. The minimum absolute atomic E-state index is 0.205. The summed E-state index contributed by atoms with van der Waals surface area (Å²) in [5, 5.41) is 5.01. The lowest BCUT2D eigenvalue weighted by Gasteiger charge is -2.09. The van der Waals surface area contributed by atoms with Crippen molar-refractivity contribution in [3.63, 3.8) is 0 Å². The Hall–Kier alpha value is -3.80. The monoisotopic (exact) mass is 384 g/mol. The number of para-hydroxylation sites is 1. The first kappa shape index (κ1) is 17.3. The molecule has 0 aliphatic carbocycles. The third kappa shape index (κ3) is 2.64. The van der Waals surface area contributed by atoms with Crippen LogP contribution in [-0.4, -0.2) is 19.2 Å². The second-order valence-electron chi connectivity index (χ2n) is 7.06. The van der Waals surface area contributed by atoms with Crippen LogP contribution in [0.25, 0.3) is 33.4 Å². The molecule has 0 N–H and O–H groups in total. The molecular formula is C23H17FN4O. The number of hydrogen-bond acceptors (Lipinski definition) is 3. The Labute approximate surface area is 165 Å². The highest BCUT2D eigenvalue weighted by molar-refractivity contribution is 5.86. The van der Waals surface area contributed by atoms with Crippen molar-refractivity contribution in [3.8, 4) is 16.8 Å². The number of aryl methyl sites for hydroxylation is 2. The molecule has 5 nitrogen and oxygen atoms in total. The molecule has 2 aromatic carbocycles. The van der Waals surface area contributed by atoms with Gasteiger partial charge in [0.2, 0.25) is 0 Å². The van der Waals surface area contributed by atoms with E-state index in [9.17, 15) is 9.18 Å². The lowest BCUT2D eigenvalue weighted by molar-refractivity contribution is 0.616. The van der Waals surface area contributed by atoms with Crippen LogP contribution in [0.5, 0.6) is 0 Å². The fraction of sp³-hybridized carbons (Fsp3) is 0.0870. The lowest BCUT2D eigenvalue weighted by Crippen LogP contribution is -2.19. The van der Waals surface area contributed by atoms with Gasteiger partial charge in [-0.05, 0) is 37.6 Å². The van der Waals surface area contributed by atoms with E-state index in [-0.39, 0.29) is 11.2 Å². The Morgan fingerprint density at radius 1 is 0.966 bits per heavy atom. The molecule has 0 aliphatic rings. The molecule has 0 fully saturated rings. The fourth-order valence-corrected chi connectivity index (χ4v) is 3.67. The molecule has 142 valence electrons. The van der Waals surface area contributed by atoms with Crippen molar-refractivity contribution in [2.45, 2.75) is 13.8 Å². The van der Waals surface area contributed by atoms with Gasteiger partial charge >= 0.3 is 0 Å². The predicted octanol–water partition coefficient (Wildman–Crippen LogP) is 4.46. The summed E-state index contributed by atoms with van der Waals surface area (Å²) >= 11 is 0. The van der Waals surface area contributed by atoms with E-state index in [0.717, 1.165) is 16.8 Å². The van der Waals surface area contributed by atoms with Gasteiger partial charge in [0.1, 0.15) is 5.82 Å². The molecule has 5 aromatic rings. The van der Waals surface area contributed by atoms with E-state index in [1.54, 1.807) is 41.2 Å². The molecule has 0 aliphatic heterocycles. The van der Waals surface area contributed by atoms with Crippen molar-refractivity contribution in [2.24, 2.45) is 0 Å².